The molecular formula is C10H9FO2. The zero-order valence-electron chi connectivity index (χ0n) is 7.43. The van der Waals surface area contributed by atoms with Crippen molar-refractivity contribution < 1.29 is 13.9 Å². The largest absolute Gasteiger partial charge is 0.479 e. The Labute approximate surface area is 75.3 Å². The number of carbonyl (C=O) groups is 1. The van der Waals surface area contributed by atoms with E-state index in [1.165, 1.54) is 6.07 Å². The molecule has 1 aromatic rings. The van der Waals surface area contributed by atoms with E-state index in [4.69, 9.17) is 4.74 Å². The molecule has 0 amide bonds. The predicted molar refractivity (Wildman–Crippen MR) is 45.6 cm³/mol. The molecule has 68 valence electrons. The van der Waals surface area contributed by atoms with E-state index in [1.807, 2.05) is 0 Å². The smallest absolute Gasteiger partial charge is 0.207 e. The van der Waals surface area contributed by atoms with Gasteiger partial charge in [0.15, 0.2) is 17.7 Å². The van der Waals surface area contributed by atoms with Crippen LogP contribution in [0.1, 0.15) is 22.8 Å². The maximum absolute atomic E-state index is 13.1. The van der Waals surface area contributed by atoms with Crippen molar-refractivity contribution in [3.63, 3.8) is 0 Å². The lowest BCUT2D eigenvalue weighted by atomic mass is 10.0. The van der Waals surface area contributed by atoms with Crippen molar-refractivity contribution in [1.82, 2.24) is 0 Å². The van der Waals surface area contributed by atoms with E-state index < -0.39 is 11.9 Å². The minimum absolute atomic E-state index is 0.109. The number of hydrogen-bond donors (Lipinski definition) is 0. The summed E-state index contributed by atoms with van der Waals surface area (Å²) < 4.78 is 18.2. The van der Waals surface area contributed by atoms with Gasteiger partial charge in [-0.3, -0.25) is 4.79 Å². The second kappa shape index (κ2) is 2.55. The number of fused-ring (bicyclic) bond motifs is 1. The molecule has 2 rings (SSSR count). The molecule has 13 heavy (non-hydrogen) atoms. The standard InChI is InChI=1S/C10H9FO2/c1-5-3-4-7(11)10-8(5)9(12)6(2)13-10/h3-4,6H,1-2H3. The van der Waals surface area contributed by atoms with Gasteiger partial charge >= 0.3 is 0 Å². The Morgan fingerprint density at radius 2 is 2.15 bits per heavy atom. The van der Waals surface area contributed by atoms with Gasteiger partial charge in [0.05, 0.1) is 5.56 Å². The Kier molecular flexibility index (Phi) is 1.62. The van der Waals surface area contributed by atoms with Crippen LogP contribution in [0.25, 0.3) is 0 Å². The van der Waals surface area contributed by atoms with Crippen LogP contribution in [0.5, 0.6) is 5.75 Å². The summed E-state index contributed by atoms with van der Waals surface area (Å²) >= 11 is 0. The molecule has 0 radical (unpaired) electrons. The number of Topliss-reactive ketones (excluding diaryl/α,β-unsaturated/α-hetero) is 1. The number of halogens is 1. The van der Waals surface area contributed by atoms with Crippen LogP contribution in [0.4, 0.5) is 4.39 Å². The highest BCUT2D eigenvalue weighted by molar-refractivity contribution is 6.05. The molecular weight excluding hydrogens is 171 g/mol. The summed E-state index contributed by atoms with van der Waals surface area (Å²) in [5.74, 6) is -0.484. The van der Waals surface area contributed by atoms with Crippen LogP contribution in [0, 0.1) is 12.7 Å². The van der Waals surface area contributed by atoms with Crippen LogP contribution in [0.3, 0.4) is 0 Å². The molecule has 0 saturated carbocycles. The number of benzene rings is 1. The average molecular weight is 180 g/mol. The molecule has 1 heterocycles. The van der Waals surface area contributed by atoms with Gasteiger partial charge in [0, 0.05) is 0 Å². The van der Waals surface area contributed by atoms with E-state index in [9.17, 15) is 9.18 Å². The summed E-state index contributed by atoms with van der Waals surface area (Å²) in [6, 6.07) is 2.91. The quantitative estimate of drug-likeness (QED) is 0.611. The summed E-state index contributed by atoms with van der Waals surface area (Å²) in [4.78, 5) is 11.5. The third kappa shape index (κ3) is 1.03. The first-order valence-electron chi connectivity index (χ1n) is 4.11. The van der Waals surface area contributed by atoms with Gasteiger partial charge in [-0.25, -0.2) is 4.39 Å². The number of hydrogen-bond acceptors (Lipinski definition) is 2. The number of ether oxygens (including phenoxy) is 1. The van der Waals surface area contributed by atoms with Crippen molar-refractivity contribution in [2.45, 2.75) is 20.0 Å². The van der Waals surface area contributed by atoms with Gasteiger partial charge in [-0.05, 0) is 25.5 Å². The summed E-state index contributed by atoms with van der Waals surface area (Å²) in [6.07, 6.45) is -0.550. The molecule has 1 aliphatic heterocycles. The fourth-order valence-corrected chi connectivity index (χ4v) is 1.51. The second-order valence-corrected chi connectivity index (χ2v) is 3.19. The Morgan fingerprint density at radius 1 is 1.46 bits per heavy atom. The molecule has 0 N–H and O–H groups in total. The highest BCUT2D eigenvalue weighted by Crippen LogP contribution is 2.33. The molecule has 0 fully saturated rings. The van der Waals surface area contributed by atoms with Gasteiger partial charge in [0.25, 0.3) is 0 Å². The van der Waals surface area contributed by atoms with E-state index in [-0.39, 0.29) is 11.5 Å². The molecule has 0 saturated heterocycles. The zero-order chi connectivity index (χ0) is 9.59. The Bertz CT molecular complexity index is 385. The van der Waals surface area contributed by atoms with Crippen molar-refractivity contribution in [2.75, 3.05) is 0 Å². The summed E-state index contributed by atoms with van der Waals surface area (Å²) in [5, 5.41) is 0. The van der Waals surface area contributed by atoms with Crippen LogP contribution in [0.2, 0.25) is 0 Å². The maximum atomic E-state index is 13.1. The van der Waals surface area contributed by atoms with Crippen molar-refractivity contribution in [1.29, 1.82) is 0 Å². The summed E-state index contributed by atoms with van der Waals surface area (Å²) in [6.45, 7) is 3.40. The van der Waals surface area contributed by atoms with E-state index in [0.717, 1.165) is 5.56 Å². The minimum Gasteiger partial charge on any atom is -0.479 e. The van der Waals surface area contributed by atoms with E-state index in [1.54, 1.807) is 19.9 Å². The van der Waals surface area contributed by atoms with Gasteiger partial charge in [-0.2, -0.15) is 0 Å². The van der Waals surface area contributed by atoms with E-state index >= 15 is 0 Å². The van der Waals surface area contributed by atoms with Gasteiger partial charge < -0.3 is 4.74 Å². The fourth-order valence-electron chi connectivity index (χ4n) is 1.51. The topological polar surface area (TPSA) is 26.3 Å². The first-order valence-corrected chi connectivity index (χ1v) is 4.11. The maximum Gasteiger partial charge on any atom is 0.207 e. The normalized spacial score (nSPS) is 19.9. The predicted octanol–water partition coefficient (Wildman–Crippen LogP) is 2.10. The molecule has 0 aliphatic carbocycles. The Balaban J connectivity index is 2.68. The van der Waals surface area contributed by atoms with Gasteiger partial charge in [0.2, 0.25) is 5.78 Å². The lowest BCUT2D eigenvalue weighted by Gasteiger charge is -2.02. The van der Waals surface area contributed by atoms with Crippen molar-refractivity contribution in [3.8, 4) is 5.75 Å². The lowest BCUT2D eigenvalue weighted by molar-refractivity contribution is 0.0876. The molecule has 2 nitrogen and oxygen atoms in total. The first kappa shape index (κ1) is 8.23. The van der Waals surface area contributed by atoms with Crippen molar-refractivity contribution in [2.24, 2.45) is 0 Å². The second-order valence-electron chi connectivity index (χ2n) is 3.19. The van der Waals surface area contributed by atoms with Crippen LogP contribution < -0.4 is 4.74 Å². The minimum atomic E-state index is -0.550. The van der Waals surface area contributed by atoms with Gasteiger partial charge in [-0.1, -0.05) is 6.07 Å². The molecule has 0 spiro atoms. The van der Waals surface area contributed by atoms with E-state index in [0.29, 0.717) is 5.56 Å². The number of rotatable bonds is 0. The number of ketones is 1. The third-order valence-electron chi connectivity index (χ3n) is 2.23. The number of aryl methyl sites for hydroxylation is 1. The number of carbonyl (C=O) groups excluding carboxylic acids is 1. The molecule has 1 aromatic carbocycles. The molecule has 3 heteroatoms. The zero-order valence-corrected chi connectivity index (χ0v) is 7.43. The molecule has 1 atom stereocenters. The SMILES string of the molecule is Cc1ccc(F)c2c1C(=O)C(C)O2. The van der Waals surface area contributed by atoms with Crippen LogP contribution >= 0.6 is 0 Å². The van der Waals surface area contributed by atoms with Crippen LogP contribution in [-0.2, 0) is 0 Å². The third-order valence-corrected chi connectivity index (χ3v) is 2.23. The first-order chi connectivity index (χ1) is 6.11. The van der Waals surface area contributed by atoms with Crippen LogP contribution in [0.15, 0.2) is 12.1 Å². The molecule has 0 aromatic heterocycles. The highest BCUT2D eigenvalue weighted by Gasteiger charge is 2.32. The molecule has 0 bridgehead atoms. The fraction of sp³-hybridized carbons (Fsp3) is 0.300. The molecule has 1 aliphatic rings. The van der Waals surface area contributed by atoms with Gasteiger partial charge in [-0.15, -0.1) is 0 Å². The lowest BCUT2D eigenvalue weighted by Crippen LogP contribution is -2.15. The summed E-state index contributed by atoms with van der Waals surface area (Å²) in [5.41, 5.74) is 1.17. The Hall–Kier alpha value is -1.38. The molecule has 1 unspecified atom stereocenters. The van der Waals surface area contributed by atoms with Crippen LogP contribution in [-0.4, -0.2) is 11.9 Å². The van der Waals surface area contributed by atoms with Crippen molar-refractivity contribution >= 4 is 5.78 Å². The highest BCUT2D eigenvalue weighted by atomic mass is 19.1. The van der Waals surface area contributed by atoms with Crippen molar-refractivity contribution in [3.05, 3.63) is 29.1 Å². The van der Waals surface area contributed by atoms with E-state index in [2.05, 4.69) is 0 Å². The average Bonchev–Trinajstić information content (AvgIpc) is 2.38. The Morgan fingerprint density at radius 3 is 2.77 bits per heavy atom. The monoisotopic (exact) mass is 180 g/mol. The summed E-state index contributed by atoms with van der Waals surface area (Å²) in [7, 11) is 0. The van der Waals surface area contributed by atoms with Gasteiger partial charge in [0.1, 0.15) is 0 Å².